The van der Waals surface area contributed by atoms with E-state index in [1.165, 1.54) is 0 Å². The summed E-state index contributed by atoms with van der Waals surface area (Å²) in [6, 6.07) is 7.25. The zero-order valence-corrected chi connectivity index (χ0v) is 19.6. The summed E-state index contributed by atoms with van der Waals surface area (Å²) >= 11 is 0. The molecule has 0 saturated carbocycles. The lowest BCUT2D eigenvalue weighted by Crippen LogP contribution is -2.29. The second kappa shape index (κ2) is 10.9. The van der Waals surface area contributed by atoms with Gasteiger partial charge >= 0.3 is 0 Å². The number of aliphatic hydroxyl groups excluding tert-OH is 1. The molecule has 3 N–H and O–H groups in total. The van der Waals surface area contributed by atoms with E-state index in [2.05, 4.69) is 25.8 Å². The van der Waals surface area contributed by atoms with Gasteiger partial charge in [-0.05, 0) is 45.9 Å². The molecular weight excluding hydrogens is 441 g/mol. The first-order valence-corrected chi connectivity index (χ1v) is 11.4. The van der Waals surface area contributed by atoms with E-state index in [1.54, 1.807) is 33.0 Å². The fraction of sp³-hybridized carbons (Fsp3) is 0.458. The van der Waals surface area contributed by atoms with Crippen LogP contribution in [0.1, 0.15) is 24.3 Å². The average molecular weight is 472 g/mol. The SMILES string of the molecule is CNCC(O)COc1cccc(-c2nc(NC3CCOCC3)c(F)c(-c3c(C)noc3C)n2)c1. The molecule has 0 bridgehead atoms. The lowest BCUT2D eigenvalue weighted by atomic mass is 10.1. The van der Waals surface area contributed by atoms with Gasteiger partial charge in [-0.3, -0.25) is 0 Å². The van der Waals surface area contributed by atoms with Gasteiger partial charge in [0.25, 0.3) is 0 Å². The van der Waals surface area contributed by atoms with Gasteiger partial charge in [-0.1, -0.05) is 17.3 Å². The molecule has 0 spiro atoms. The minimum atomic E-state index is -0.642. The average Bonchev–Trinajstić information content (AvgIpc) is 3.18. The van der Waals surface area contributed by atoms with E-state index < -0.39 is 11.9 Å². The van der Waals surface area contributed by atoms with Crippen molar-refractivity contribution in [1.29, 1.82) is 0 Å². The highest BCUT2D eigenvalue weighted by Gasteiger charge is 2.25. The summed E-state index contributed by atoms with van der Waals surface area (Å²) in [5.74, 6) is 0.953. The number of hydrogen-bond donors (Lipinski definition) is 3. The van der Waals surface area contributed by atoms with Crippen molar-refractivity contribution in [2.45, 2.75) is 38.8 Å². The van der Waals surface area contributed by atoms with Crippen LogP contribution in [0.2, 0.25) is 0 Å². The summed E-state index contributed by atoms with van der Waals surface area (Å²) in [5.41, 5.74) is 1.85. The molecule has 1 fully saturated rings. The van der Waals surface area contributed by atoms with Crippen LogP contribution in [0.15, 0.2) is 28.8 Å². The Kier molecular flexibility index (Phi) is 7.71. The molecule has 3 aromatic rings. The van der Waals surface area contributed by atoms with Crippen LogP contribution in [0.4, 0.5) is 10.2 Å². The third-order valence-corrected chi connectivity index (χ3v) is 5.66. The molecule has 1 atom stereocenters. The number of anilines is 1. The standard InChI is InChI=1S/C24H30FN5O4/c1-14-20(15(2)34-30-14)22-21(25)24(27-17-7-9-32-10-8-17)29-23(28-22)16-5-4-6-19(11-16)33-13-18(31)12-26-3/h4-6,11,17-18,26,31H,7-10,12-13H2,1-3H3,(H,27,28,29). The van der Waals surface area contributed by atoms with E-state index >= 15 is 4.39 Å². The van der Waals surface area contributed by atoms with Crippen LogP contribution < -0.4 is 15.4 Å². The van der Waals surface area contributed by atoms with Crippen molar-refractivity contribution < 1.29 is 23.5 Å². The lowest BCUT2D eigenvalue weighted by molar-refractivity contribution is 0.0903. The van der Waals surface area contributed by atoms with Crippen LogP contribution in [0.25, 0.3) is 22.6 Å². The van der Waals surface area contributed by atoms with E-state index in [0.717, 1.165) is 12.8 Å². The second-order valence-corrected chi connectivity index (χ2v) is 8.34. The van der Waals surface area contributed by atoms with Gasteiger partial charge in [0.2, 0.25) is 0 Å². The zero-order valence-electron chi connectivity index (χ0n) is 19.6. The van der Waals surface area contributed by atoms with Crippen LogP contribution in [0.5, 0.6) is 5.75 Å². The predicted octanol–water partition coefficient (Wildman–Crippen LogP) is 3.10. The third-order valence-electron chi connectivity index (χ3n) is 5.66. The van der Waals surface area contributed by atoms with Crippen LogP contribution in [-0.4, -0.2) is 65.8 Å². The summed E-state index contributed by atoms with van der Waals surface area (Å²) in [6.45, 7) is 5.27. The molecule has 9 nitrogen and oxygen atoms in total. The van der Waals surface area contributed by atoms with Gasteiger partial charge in [0.1, 0.15) is 29.9 Å². The summed E-state index contributed by atoms with van der Waals surface area (Å²) < 4.78 is 32.1. The van der Waals surface area contributed by atoms with Gasteiger partial charge in [-0.2, -0.15) is 0 Å². The highest BCUT2D eigenvalue weighted by Crippen LogP contribution is 2.33. The van der Waals surface area contributed by atoms with Crippen LogP contribution in [0.3, 0.4) is 0 Å². The van der Waals surface area contributed by atoms with Crippen LogP contribution >= 0.6 is 0 Å². The molecule has 1 aliphatic heterocycles. The first kappa shape index (κ1) is 24.1. The van der Waals surface area contributed by atoms with Crippen LogP contribution in [0, 0.1) is 19.7 Å². The number of aliphatic hydroxyl groups is 1. The Morgan fingerprint density at radius 1 is 1.24 bits per heavy atom. The monoisotopic (exact) mass is 471 g/mol. The van der Waals surface area contributed by atoms with Crippen molar-refractivity contribution in [3.63, 3.8) is 0 Å². The number of nitrogens with zero attached hydrogens (tertiary/aromatic N) is 3. The predicted molar refractivity (Wildman–Crippen MR) is 125 cm³/mol. The van der Waals surface area contributed by atoms with E-state index in [9.17, 15) is 5.11 Å². The first-order chi connectivity index (χ1) is 16.5. The smallest absolute Gasteiger partial charge is 0.191 e. The number of ether oxygens (including phenoxy) is 2. The molecule has 0 amide bonds. The van der Waals surface area contributed by atoms with Gasteiger partial charge in [0, 0.05) is 31.4 Å². The summed E-state index contributed by atoms with van der Waals surface area (Å²) in [6.07, 6.45) is 0.882. The number of halogens is 1. The van der Waals surface area contributed by atoms with Crippen molar-refractivity contribution >= 4 is 5.82 Å². The van der Waals surface area contributed by atoms with Gasteiger partial charge in [-0.25, -0.2) is 14.4 Å². The van der Waals surface area contributed by atoms with Crippen molar-refractivity contribution in [1.82, 2.24) is 20.4 Å². The highest BCUT2D eigenvalue weighted by molar-refractivity contribution is 5.71. The van der Waals surface area contributed by atoms with Gasteiger partial charge in [0.15, 0.2) is 17.5 Å². The Morgan fingerprint density at radius 2 is 2.03 bits per heavy atom. The molecule has 1 aliphatic rings. The van der Waals surface area contributed by atoms with E-state index in [0.29, 0.717) is 53.9 Å². The molecule has 10 heteroatoms. The topological polar surface area (TPSA) is 115 Å². The van der Waals surface area contributed by atoms with Crippen molar-refractivity contribution in [3.05, 3.63) is 41.5 Å². The Morgan fingerprint density at radius 3 is 2.74 bits per heavy atom. The second-order valence-electron chi connectivity index (χ2n) is 8.34. The van der Waals surface area contributed by atoms with Crippen molar-refractivity contribution in [3.8, 4) is 28.4 Å². The number of rotatable bonds is 9. The fourth-order valence-electron chi connectivity index (χ4n) is 3.91. The normalized spacial score (nSPS) is 15.3. The van der Waals surface area contributed by atoms with Gasteiger partial charge in [0.05, 0.1) is 11.3 Å². The molecular formula is C24H30FN5O4. The molecule has 2 aromatic heterocycles. The largest absolute Gasteiger partial charge is 0.491 e. The lowest BCUT2D eigenvalue weighted by Gasteiger charge is -2.24. The molecule has 0 radical (unpaired) electrons. The number of likely N-dealkylation sites (N-methyl/N-ethyl adjacent to an activating group) is 1. The number of nitrogens with one attached hydrogen (secondary N) is 2. The maximum Gasteiger partial charge on any atom is 0.191 e. The third kappa shape index (κ3) is 5.52. The Hall–Kier alpha value is -3.08. The minimum absolute atomic E-state index is 0.0480. The number of hydrogen-bond acceptors (Lipinski definition) is 9. The summed E-state index contributed by atoms with van der Waals surface area (Å²) in [5, 5.41) is 20.0. The van der Waals surface area contributed by atoms with Crippen LogP contribution in [-0.2, 0) is 4.74 Å². The van der Waals surface area contributed by atoms with Gasteiger partial charge in [-0.15, -0.1) is 0 Å². The first-order valence-electron chi connectivity index (χ1n) is 11.4. The minimum Gasteiger partial charge on any atom is -0.491 e. The Bertz CT molecular complexity index is 1100. The van der Waals surface area contributed by atoms with Crippen molar-refractivity contribution in [2.24, 2.45) is 0 Å². The molecule has 0 aliphatic carbocycles. The van der Waals surface area contributed by atoms with E-state index in [1.807, 2.05) is 12.1 Å². The molecule has 1 aromatic carbocycles. The molecule has 1 saturated heterocycles. The molecule has 34 heavy (non-hydrogen) atoms. The van der Waals surface area contributed by atoms with Gasteiger partial charge < -0.3 is 29.7 Å². The fourth-order valence-corrected chi connectivity index (χ4v) is 3.91. The summed E-state index contributed by atoms with van der Waals surface area (Å²) in [4.78, 5) is 9.09. The molecule has 4 rings (SSSR count). The van der Waals surface area contributed by atoms with E-state index in [-0.39, 0.29) is 24.2 Å². The van der Waals surface area contributed by atoms with E-state index in [4.69, 9.17) is 14.0 Å². The maximum atomic E-state index is 15.7. The number of aromatic nitrogens is 3. The Labute approximate surface area is 197 Å². The maximum absolute atomic E-state index is 15.7. The quantitative estimate of drug-likeness (QED) is 0.433. The Balaban J connectivity index is 1.71. The molecule has 3 heterocycles. The summed E-state index contributed by atoms with van der Waals surface area (Å²) in [7, 11) is 1.76. The van der Waals surface area contributed by atoms with Crippen molar-refractivity contribution in [2.75, 3.05) is 38.7 Å². The molecule has 1 unspecified atom stereocenters. The zero-order chi connectivity index (χ0) is 24.1. The molecule has 182 valence electrons. The number of benzene rings is 1. The highest BCUT2D eigenvalue weighted by atomic mass is 19.1. The number of aryl methyl sites for hydroxylation is 2.